The van der Waals surface area contributed by atoms with Crippen molar-refractivity contribution < 1.29 is 4.79 Å². The molecular weight excluding hydrogens is 369 g/mol. The molecule has 1 unspecified atom stereocenters. The average molecular weight is 390 g/mol. The second kappa shape index (κ2) is 7.18. The Morgan fingerprint density at radius 1 is 1.15 bits per heavy atom. The van der Waals surface area contributed by atoms with Crippen LogP contribution >= 0.6 is 23.2 Å². The number of carbonyl (C=O) groups excluding carboxylic acids is 1. The van der Waals surface area contributed by atoms with Crippen molar-refractivity contribution in [3.05, 3.63) is 63.4 Å². The molecular formula is C20H21Cl2N3O. The van der Waals surface area contributed by atoms with E-state index < -0.39 is 5.41 Å². The van der Waals surface area contributed by atoms with Crippen LogP contribution < -0.4 is 5.32 Å². The summed E-state index contributed by atoms with van der Waals surface area (Å²) in [6.07, 6.45) is 5.91. The van der Waals surface area contributed by atoms with Gasteiger partial charge >= 0.3 is 0 Å². The van der Waals surface area contributed by atoms with Crippen molar-refractivity contribution >= 4 is 29.1 Å². The number of rotatable bonds is 2. The highest BCUT2D eigenvalue weighted by Crippen LogP contribution is 2.38. The normalized spacial score (nSPS) is 23.4. The number of piperidine rings is 1. The fourth-order valence-corrected chi connectivity index (χ4v) is 4.70. The molecule has 0 aliphatic carbocycles. The van der Waals surface area contributed by atoms with Gasteiger partial charge in [-0.15, -0.1) is 0 Å². The molecule has 6 heteroatoms. The van der Waals surface area contributed by atoms with Gasteiger partial charge in [0.15, 0.2) is 0 Å². The summed E-state index contributed by atoms with van der Waals surface area (Å²) in [5, 5.41) is 4.29. The molecule has 1 saturated heterocycles. The number of nitrogens with one attached hydrogen (secondary N) is 1. The molecule has 26 heavy (non-hydrogen) atoms. The average Bonchev–Trinajstić information content (AvgIpc) is 2.76. The van der Waals surface area contributed by atoms with Crippen LogP contribution in [0.4, 0.5) is 0 Å². The molecule has 0 saturated carbocycles. The first kappa shape index (κ1) is 17.8. The minimum Gasteiger partial charge on any atom is -0.351 e. The smallest absolute Gasteiger partial charge is 0.228 e. The van der Waals surface area contributed by atoms with Gasteiger partial charge < -0.3 is 5.32 Å². The van der Waals surface area contributed by atoms with Crippen LogP contribution in [0, 0.1) is 5.41 Å². The Labute approximate surface area is 163 Å². The first-order chi connectivity index (χ1) is 12.6. The lowest BCUT2D eigenvalue weighted by Gasteiger charge is -2.41. The molecule has 1 spiro atoms. The van der Waals surface area contributed by atoms with Gasteiger partial charge in [-0.1, -0.05) is 47.5 Å². The van der Waals surface area contributed by atoms with E-state index in [-0.39, 0.29) is 5.91 Å². The van der Waals surface area contributed by atoms with E-state index in [1.165, 1.54) is 11.1 Å². The Hall–Kier alpha value is -1.62. The largest absolute Gasteiger partial charge is 0.351 e. The monoisotopic (exact) mass is 389 g/mol. The van der Waals surface area contributed by atoms with E-state index in [1.807, 2.05) is 6.07 Å². The van der Waals surface area contributed by atoms with E-state index in [0.717, 1.165) is 31.4 Å². The van der Waals surface area contributed by atoms with Crippen LogP contribution in [0.15, 0.2) is 36.7 Å². The van der Waals surface area contributed by atoms with E-state index in [4.69, 9.17) is 23.2 Å². The zero-order valence-corrected chi connectivity index (χ0v) is 16.0. The van der Waals surface area contributed by atoms with Crippen LogP contribution in [0.25, 0.3) is 0 Å². The summed E-state index contributed by atoms with van der Waals surface area (Å²) in [7, 11) is 0. The molecule has 136 valence electrons. The second-order valence-corrected chi connectivity index (χ2v) is 8.12. The van der Waals surface area contributed by atoms with E-state index in [9.17, 15) is 4.79 Å². The van der Waals surface area contributed by atoms with Crippen molar-refractivity contribution in [2.75, 3.05) is 13.1 Å². The summed E-state index contributed by atoms with van der Waals surface area (Å²) >= 11 is 12.6. The second-order valence-electron chi connectivity index (χ2n) is 7.30. The number of halogens is 2. The molecule has 1 fully saturated rings. The number of carbonyl (C=O) groups is 1. The van der Waals surface area contributed by atoms with E-state index >= 15 is 0 Å². The molecule has 2 aliphatic heterocycles. The number of pyridine rings is 1. The maximum Gasteiger partial charge on any atom is 0.228 e. The van der Waals surface area contributed by atoms with Gasteiger partial charge in [-0.2, -0.15) is 0 Å². The van der Waals surface area contributed by atoms with Gasteiger partial charge in [0.2, 0.25) is 5.91 Å². The molecule has 1 aromatic heterocycles. The molecule has 1 atom stereocenters. The lowest BCUT2D eigenvalue weighted by molar-refractivity contribution is -0.134. The van der Waals surface area contributed by atoms with Gasteiger partial charge in [-0.25, -0.2) is 0 Å². The predicted octanol–water partition coefficient (Wildman–Crippen LogP) is 3.84. The third-order valence-electron chi connectivity index (χ3n) is 5.56. The van der Waals surface area contributed by atoms with E-state index in [1.54, 1.807) is 12.4 Å². The van der Waals surface area contributed by atoms with Crippen molar-refractivity contribution in [3.63, 3.8) is 0 Å². The maximum atomic E-state index is 13.0. The highest BCUT2D eigenvalue weighted by molar-refractivity contribution is 6.35. The molecule has 0 radical (unpaired) electrons. The molecule has 2 aliphatic rings. The number of benzene rings is 1. The van der Waals surface area contributed by atoms with Gasteiger partial charge in [0.1, 0.15) is 0 Å². The zero-order chi connectivity index (χ0) is 18.1. The number of aromatic nitrogens is 1. The standard InChI is InChI=1S/C20H21Cl2N3O/c21-17-10-23-11-18(22)16(17)12-25-7-3-6-20(13-25)8-14-4-1-2-5-15(14)9-24-19(20)26/h1-2,4-5,10-11H,3,6-9,12-13H2,(H,24,26). The Bertz CT molecular complexity index is 821. The number of amides is 1. The van der Waals surface area contributed by atoms with Crippen molar-refractivity contribution in [2.45, 2.75) is 32.4 Å². The van der Waals surface area contributed by atoms with Crippen molar-refractivity contribution in [2.24, 2.45) is 5.41 Å². The van der Waals surface area contributed by atoms with Gasteiger partial charge in [0, 0.05) is 37.6 Å². The van der Waals surface area contributed by atoms with Gasteiger partial charge in [0.05, 0.1) is 15.5 Å². The minimum atomic E-state index is -0.392. The molecule has 2 aromatic rings. The first-order valence-electron chi connectivity index (χ1n) is 8.93. The van der Waals surface area contributed by atoms with Crippen LogP contribution in [0.1, 0.15) is 29.5 Å². The summed E-state index contributed by atoms with van der Waals surface area (Å²) in [5.74, 6) is 0.158. The first-order valence-corrected chi connectivity index (χ1v) is 9.68. The number of hydrogen-bond acceptors (Lipinski definition) is 3. The van der Waals surface area contributed by atoms with Crippen molar-refractivity contribution in [1.82, 2.24) is 15.2 Å². The highest BCUT2D eigenvalue weighted by Gasteiger charge is 2.43. The van der Waals surface area contributed by atoms with Crippen molar-refractivity contribution in [3.8, 4) is 0 Å². The summed E-state index contributed by atoms with van der Waals surface area (Å²) < 4.78 is 0. The molecule has 1 aromatic carbocycles. The lowest BCUT2D eigenvalue weighted by atomic mass is 9.74. The fraction of sp³-hybridized carbons (Fsp3) is 0.400. The number of likely N-dealkylation sites (tertiary alicyclic amines) is 1. The van der Waals surface area contributed by atoms with Crippen LogP contribution in [0.3, 0.4) is 0 Å². The van der Waals surface area contributed by atoms with E-state index in [2.05, 4.69) is 33.4 Å². The van der Waals surface area contributed by atoms with Crippen LogP contribution in [-0.4, -0.2) is 28.9 Å². The molecule has 1 N–H and O–H groups in total. The van der Waals surface area contributed by atoms with Gasteiger partial charge in [0.25, 0.3) is 0 Å². The Balaban J connectivity index is 1.60. The molecule has 3 heterocycles. The van der Waals surface area contributed by atoms with Crippen LogP contribution in [-0.2, 0) is 24.3 Å². The highest BCUT2D eigenvalue weighted by atomic mass is 35.5. The van der Waals surface area contributed by atoms with Gasteiger partial charge in [-0.05, 0) is 36.9 Å². The Morgan fingerprint density at radius 3 is 2.65 bits per heavy atom. The summed E-state index contributed by atoms with van der Waals surface area (Å²) in [4.78, 5) is 19.3. The third kappa shape index (κ3) is 3.34. The molecule has 1 amide bonds. The van der Waals surface area contributed by atoms with Gasteiger partial charge in [-0.3, -0.25) is 14.7 Å². The van der Waals surface area contributed by atoms with E-state index in [0.29, 0.717) is 29.7 Å². The zero-order valence-electron chi connectivity index (χ0n) is 14.5. The molecule has 4 rings (SSSR count). The fourth-order valence-electron chi connectivity index (χ4n) is 4.21. The van der Waals surface area contributed by atoms with Crippen LogP contribution in [0.5, 0.6) is 0 Å². The summed E-state index contributed by atoms with van der Waals surface area (Å²) in [6, 6.07) is 8.34. The number of nitrogens with zero attached hydrogens (tertiary/aromatic N) is 2. The Morgan fingerprint density at radius 2 is 1.88 bits per heavy atom. The predicted molar refractivity (Wildman–Crippen MR) is 103 cm³/mol. The Kier molecular flexibility index (Phi) is 4.91. The summed E-state index contributed by atoms with van der Waals surface area (Å²) in [5.41, 5.74) is 2.98. The van der Waals surface area contributed by atoms with Crippen molar-refractivity contribution in [1.29, 1.82) is 0 Å². The molecule has 4 nitrogen and oxygen atoms in total. The molecule has 0 bridgehead atoms. The third-order valence-corrected chi connectivity index (χ3v) is 6.21. The van der Waals surface area contributed by atoms with Crippen LogP contribution in [0.2, 0.25) is 10.0 Å². The lowest BCUT2D eigenvalue weighted by Crippen LogP contribution is -2.51. The quantitative estimate of drug-likeness (QED) is 0.848. The topological polar surface area (TPSA) is 45.2 Å². The number of fused-ring (bicyclic) bond motifs is 1. The SMILES string of the molecule is O=C1NCc2ccccc2CC12CCCN(Cc1c(Cl)cncc1Cl)C2. The summed E-state index contributed by atoms with van der Waals surface area (Å²) in [6.45, 7) is 2.89. The maximum absolute atomic E-state index is 13.0. The minimum absolute atomic E-state index is 0.158. The number of hydrogen-bond donors (Lipinski definition) is 1.